The second kappa shape index (κ2) is 11.1. The third-order valence-electron chi connectivity index (χ3n) is 5.05. The number of hydrogen-bond donors (Lipinski definition) is 0. The summed E-state index contributed by atoms with van der Waals surface area (Å²) in [5.74, 6) is -2.42. The standard InChI is InChI=1S/C24H21ClN4O4/c1-29-12-11-27-23(29)21(31)14-18(17-7-9-19(25)10-8-17)13-20(30)22(28-26)24(32)33-15-16-5-3-2-4-6-16/h2-12,18H,13-15H2,1H3/t18-/m1/s1. The van der Waals surface area contributed by atoms with Crippen molar-refractivity contribution in [2.75, 3.05) is 0 Å². The fourth-order valence-electron chi connectivity index (χ4n) is 3.31. The summed E-state index contributed by atoms with van der Waals surface area (Å²) in [4.78, 5) is 45.0. The van der Waals surface area contributed by atoms with Crippen LogP contribution in [-0.2, 0) is 28.0 Å². The molecule has 0 aliphatic carbocycles. The molecule has 0 amide bonds. The Labute approximate surface area is 195 Å². The average Bonchev–Trinajstić information content (AvgIpc) is 3.25. The zero-order chi connectivity index (χ0) is 23.8. The van der Waals surface area contributed by atoms with Crippen LogP contribution >= 0.6 is 11.6 Å². The highest BCUT2D eigenvalue weighted by molar-refractivity contribution is 6.62. The normalized spacial score (nSPS) is 11.3. The molecule has 1 aromatic heterocycles. The van der Waals surface area contributed by atoms with Crippen LogP contribution in [0.3, 0.4) is 0 Å². The second-order valence-electron chi connectivity index (χ2n) is 7.38. The monoisotopic (exact) mass is 464 g/mol. The minimum atomic E-state index is -1.04. The summed E-state index contributed by atoms with van der Waals surface area (Å²) in [6.45, 7) is -0.0791. The van der Waals surface area contributed by atoms with Gasteiger partial charge in [0.1, 0.15) is 6.61 Å². The van der Waals surface area contributed by atoms with Crippen LogP contribution in [0, 0.1) is 0 Å². The van der Waals surface area contributed by atoms with Gasteiger partial charge in [0.2, 0.25) is 0 Å². The van der Waals surface area contributed by atoms with Crippen molar-refractivity contribution in [3.8, 4) is 0 Å². The van der Waals surface area contributed by atoms with Crippen LogP contribution in [0.4, 0.5) is 0 Å². The topological polar surface area (TPSA) is 115 Å². The van der Waals surface area contributed by atoms with E-state index in [9.17, 15) is 19.9 Å². The van der Waals surface area contributed by atoms with Gasteiger partial charge >= 0.3 is 11.7 Å². The second-order valence-corrected chi connectivity index (χ2v) is 7.81. The number of nitrogens with zero attached hydrogens (tertiary/aromatic N) is 4. The van der Waals surface area contributed by atoms with Crippen LogP contribution in [0.1, 0.15) is 40.5 Å². The van der Waals surface area contributed by atoms with E-state index in [1.54, 1.807) is 66.3 Å². The van der Waals surface area contributed by atoms with Gasteiger partial charge in [-0.1, -0.05) is 54.1 Å². The minimum Gasteiger partial charge on any atom is -0.452 e. The Balaban J connectivity index is 1.75. The molecule has 3 rings (SSSR count). The Hall–Kier alpha value is -3.87. The van der Waals surface area contributed by atoms with Gasteiger partial charge < -0.3 is 14.8 Å². The quantitative estimate of drug-likeness (QED) is 0.113. The van der Waals surface area contributed by atoms with Gasteiger partial charge in [0.05, 0.1) is 0 Å². The number of Topliss-reactive ketones (excluding diaryl/α,β-unsaturated/α-hetero) is 2. The van der Waals surface area contributed by atoms with E-state index in [-0.39, 0.29) is 31.1 Å². The highest BCUT2D eigenvalue weighted by atomic mass is 35.5. The number of aromatic nitrogens is 2. The van der Waals surface area contributed by atoms with Crippen LogP contribution in [0.15, 0.2) is 67.0 Å². The van der Waals surface area contributed by atoms with E-state index >= 15 is 0 Å². The Bertz CT molecular complexity index is 1200. The number of ether oxygens (including phenoxy) is 1. The van der Waals surface area contributed by atoms with Crippen molar-refractivity contribution in [2.45, 2.75) is 25.4 Å². The van der Waals surface area contributed by atoms with E-state index in [1.165, 1.54) is 6.20 Å². The van der Waals surface area contributed by atoms with E-state index in [0.29, 0.717) is 10.6 Å². The Morgan fingerprint density at radius 3 is 2.39 bits per heavy atom. The maximum absolute atomic E-state index is 12.9. The van der Waals surface area contributed by atoms with Crippen LogP contribution in [0.2, 0.25) is 5.02 Å². The van der Waals surface area contributed by atoms with Gasteiger partial charge in [-0.2, -0.15) is 4.79 Å². The molecule has 8 nitrogen and oxygen atoms in total. The number of carbonyl (C=O) groups excluding carboxylic acids is 3. The molecule has 0 aliphatic heterocycles. The summed E-state index contributed by atoms with van der Waals surface area (Å²) in [6.07, 6.45) is 2.86. The van der Waals surface area contributed by atoms with Gasteiger partial charge in [-0.05, 0) is 29.2 Å². The Kier molecular flexibility index (Phi) is 8.02. The van der Waals surface area contributed by atoms with Crippen molar-refractivity contribution < 1.29 is 23.9 Å². The summed E-state index contributed by atoms with van der Waals surface area (Å²) in [6, 6.07) is 15.6. The van der Waals surface area contributed by atoms with Crippen molar-refractivity contribution in [3.05, 3.63) is 94.5 Å². The van der Waals surface area contributed by atoms with Crippen LogP contribution in [-0.4, -0.2) is 37.6 Å². The summed E-state index contributed by atoms with van der Waals surface area (Å²) in [5, 5.41) is 0.501. The maximum atomic E-state index is 12.9. The van der Waals surface area contributed by atoms with Gasteiger partial charge in [-0.15, -0.1) is 0 Å². The average molecular weight is 465 g/mol. The van der Waals surface area contributed by atoms with Gasteiger partial charge in [0, 0.05) is 37.3 Å². The first-order valence-corrected chi connectivity index (χ1v) is 10.5. The van der Waals surface area contributed by atoms with E-state index < -0.39 is 23.4 Å². The molecular weight excluding hydrogens is 444 g/mol. The number of hydrogen-bond acceptors (Lipinski definition) is 5. The summed E-state index contributed by atoms with van der Waals surface area (Å²) >= 11 is 5.97. The van der Waals surface area contributed by atoms with Crippen molar-refractivity contribution in [2.24, 2.45) is 7.05 Å². The van der Waals surface area contributed by atoms with Gasteiger partial charge in [-0.25, -0.2) is 9.78 Å². The molecule has 1 atom stereocenters. The zero-order valence-corrected chi connectivity index (χ0v) is 18.6. The predicted octanol–water partition coefficient (Wildman–Crippen LogP) is 3.80. The van der Waals surface area contributed by atoms with Crippen LogP contribution in [0.5, 0.6) is 0 Å². The molecule has 0 radical (unpaired) electrons. The lowest BCUT2D eigenvalue weighted by Crippen LogP contribution is -2.29. The third kappa shape index (κ3) is 6.32. The van der Waals surface area contributed by atoms with Crippen molar-refractivity contribution in [1.82, 2.24) is 9.55 Å². The Morgan fingerprint density at radius 2 is 1.79 bits per heavy atom. The molecule has 0 spiro atoms. The SMILES string of the molecule is Cn1ccnc1C(=O)C[C@@H](CC(=O)C(=[N+]=[N-])C(=O)OCc1ccccc1)c1ccc(Cl)cc1. The highest BCUT2D eigenvalue weighted by Crippen LogP contribution is 2.27. The van der Waals surface area contributed by atoms with Crippen molar-refractivity contribution in [1.29, 1.82) is 0 Å². The number of benzene rings is 2. The van der Waals surface area contributed by atoms with Gasteiger partial charge in [0.15, 0.2) is 11.6 Å². The number of ketones is 2. The number of halogens is 1. The summed E-state index contributed by atoms with van der Waals surface area (Å²) in [7, 11) is 1.70. The van der Waals surface area contributed by atoms with Crippen molar-refractivity contribution in [3.63, 3.8) is 0 Å². The zero-order valence-electron chi connectivity index (χ0n) is 17.8. The molecule has 2 aromatic carbocycles. The van der Waals surface area contributed by atoms with Crippen molar-refractivity contribution >= 4 is 34.8 Å². The number of rotatable bonds is 10. The molecule has 1 heterocycles. The molecule has 0 unspecified atom stereocenters. The van der Waals surface area contributed by atoms with E-state index in [0.717, 1.165) is 5.56 Å². The van der Waals surface area contributed by atoms with Crippen LogP contribution in [0.25, 0.3) is 5.53 Å². The Morgan fingerprint density at radius 1 is 1.09 bits per heavy atom. The van der Waals surface area contributed by atoms with E-state index in [1.807, 2.05) is 6.07 Å². The molecule has 0 bridgehead atoms. The van der Waals surface area contributed by atoms with Gasteiger partial charge in [-0.3, -0.25) is 9.59 Å². The largest absolute Gasteiger partial charge is 0.452 e. The smallest absolute Gasteiger partial charge is 0.441 e. The fourth-order valence-corrected chi connectivity index (χ4v) is 3.44. The molecule has 33 heavy (non-hydrogen) atoms. The molecule has 0 aliphatic rings. The lowest BCUT2D eigenvalue weighted by molar-refractivity contribution is -0.143. The number of imidazole rings is 1. The van der Waals surface area contributed by atoms with Crippen LogP contribution < -0.4 is 0 Å². The fraction of sp³-hybridized carbons (Fsp3) is 0.208. The first kappa shape index (κ1) is 23.8. The third-order valence-corrected chi connectivity index (χ3v) is 5.30. The number of esters is 1. The maximum Gasteiger partial charge on any atom is 0.441 e. The molecule has 0 saturated heterocycles. The first-order valence-electron chi connectivity index (χ1n) is 10.1. The molecule has 0 fully saturated rings. The lowest BCUT2D eigenvalue weighted by atomic mass is 9.88. The highest BCUT2D eigenvalue weighted by Gasteiger charge is 2.34. The minimum absolute atomic E-state index is 0.0456. The summed E-state index contributed by atoms with van der Waals surface area (Å²) < 4.78 is 6.70. The van der Waals surface area contributed by atoms with E-state index in [4.69, 9.17) is 16.3 Å². The molecule has 9 heteroatoms. The van der Waals surface area contributed by atoms with Gasteiger partial charge in [0.25, 0.3) is 5.78 Å². The molecular formula is C24H21ClN4O4. The molecule has 168 valence electrons. The first-order chi connectivity index (χ1) is 15.9. The molecule has 0 N–H and O–H groups in total. The molecule has 3 aromatic rings. The van der Waals surface area contributed by atoms with E-state index in [2.05, 4.69) is 9.77 Å². The molecule has 0 saturated carbocycles. The summed E-state index contributed by atoms with van der Waals surface area (Å²) in [5.41, 5.74) is 9.98. The predicted molar refractivity (Wildman–Crippen MR) is 121 cm³/mol. The number of aryl methyl sites for hydroxylation is 1. The number of carbonyl (C=O) groups is 3. The lowest BCUT2D eigenvalue weighted by Gasteiger charge is -2.15.